The lowest BCUT2D eigenvalue weighted by molar-refractivity contribution is -0.125. The van der Waals surface area contributed by atoms with Gasteiger partial charge in [-0.3, -0.25) is 14.4 Å². The molecule has 2 aromatic carbocycles. The van der Waals surface area contributed by atoms with Gasteiger partial charge in [-0.25, -0.2) is 0 Å². The summed E-state index contributed by atoms with van der Waals surface area (Å²) in [5, 5.41) is 20.1. The number of aldehydes is 1. The van der Waals surface area contributed by atoms with Gasteiger partial charge in [0, 0.05) is 5.92 Å². The number of ketones is 1. The van der Waals surface area contributed by atoms with E-state index >= 15 is 0 Å². The number of hydrogen-bond donors (Lipinski definition) is 2. The number of aliphatic hydroxyl groups is 1. The zero-order chi connectivity index (χ0) is 20.0. The molecule has 0 amide bonds. The molecular weight excluding hydrogens is 364 g/mol. The van der Waals surface area contributed by atoms with Gasteiger partial charge in [0.1, 0.15) is 34.5 Å². The number of rotatable bonds is 4. The molecule has 2 N–H and O–H groups in total. The first-order chi connectivity index (χ1) is 13.5. The first-order valence-corrected chi connectivity index (χ1v) is 8.90. The van der Waals surface area contributed by atoms with Crippen molar-refractivity contribution in [3.63, 3.8) is 0 Å². The summed E-state index contributed by atoms with van der Waals surface area (Å²) < 4.78 is 11.1. The van der Waals surface area contributed by atoms with Crippen molar-refractivity contribution in [2.75, 3.05) is 13.7 Å². The molecule has 3 aromatic rings. The normalized spacial score (nSPS) is 16.1. The summed E-state index contributed by atoms with van der Waals surface area (Å²) >= 11 is 0. The van der Waals surface area contributed by atoms with Gasteiger partial charge in [-0.05, 0) is 42.5 Å². The van der Waals surface area contributed by atoms with Gasteiger partial charge < -0.3 is 19.4 Å². The number of carbonyl (C=O) groups is 2. The van der Waals surface area contributed by atoms with Crippen molar-refractivity contribution in [1.82, 2.24) is 0 Å². The van der Waals surface area contributed by atoms with Crippen LogP contribution in [0.4, 0.5) is 0 Å². The number of fused-ring (bicyclic) bond motifs is 3. The van der Waals surface area contributed by atoms with Crippen LogP contribution in [-0.4, -0.2) is 36.0 Å². The largest absolute Gasteiger partial charge is 0.507 e. The fourth-order valence-electron chi connectivity index (χ4n) is 4.08. The maximum absolute atomic E-state index is 13.2. The number of carbonyl (C=O) groups excluding carboxylic acids is 2. The number of aromatic hydroxyl groups is 1. The van der Waals surface area contributed by atoms with Crippen LogP contribution in [0, 0.1) is 5.92 Å². The molecule has 0 radical (unpaired) electrons. The Morgan fingerprint density at radius 1 is 1.32 bits per heavy atom. The summed E-state index contributed by atoms with van der Waals surface area (Å²) in [5.41, 5.74) is 0.861. The Labute approximate surface area is 159 Å². The zero-order valence-electron chi connectivity index (χ0n) is 15.2. The van der Waals surface area contributed by atoms with Crippen LogP contribution < -0.4 is 10.2 Å². The standard InChI is InChI=1S/C21H18O7/c1-27-15-3-2-4-16-17(15)20(26)18-19(25)11-6-5-10(14(24)9-23)7-12(11)13(8-22)21(18)28-16/h2-4,8,10,23,25H,5-7,9H2,1H3. The predicted octanol–water partition coefficient (Wildman–Crippen LogP) is 2.14. The van der Waals surface area contributed by atoms with E-state index in [1.165, 1.54) is 7.11 Å². The third-order valence-corrected chi connectivity index (χ3v) is 5.48. The molecule has 0 saturated carbocycles. The van der Waals surface area contributed by atoms with Gasteiger partial charge in [0.2, 0.25) is 5.43 Å². The maximum Gasteiger partial charge on any atom is 0.208 e. The lowest BCUT2D eigenvalue weighted by atomic mass is 9.78. The van der Waals surface area contributed by atoms with Crippen molar-refractivity contribution >= 4 is 34.0 Å². The quantitative estimate of drug-likeness (QED) is 0.525. The molecule has 7 heteroatoms. The van der Waals surface area contributed by atoms with E-state index in [0.29, 0.717) is 36.0 Å². The highest BCUT2D eigenvalue weighted by Gasteiger charge is 2.31. The van der Waals surface area contributed by atoms with Crippen molar-refractivity contribution < 1.29 is 29.0 Å². The molecule has 1 heterocycles. The third kappa shape index (κ3) is 2.51. The minimum atomic E-state index is -0.574. The number of phenolic OH excluding ortho intramolecular Hbond substituents is 1. The Morgan fingerprint density at radius 3 is 2.79 bits per heavy atom. The molecule has 28 heavy (non-hydrogen) atoms. The molecule has 0 bridgehead atoms. The molecule has 1 aromatic heterocycles. The van der Waals surface area contributed by atoms with Gasteiger partial charge in [-0.1, -0.05) is 6.07 Å². The Morgan fingerprint density at radius 2 is 2.11 bits per heavy atom. The Hall–Kier alpha value is -3.19. The zero-order valence-corrected chi connectivity index (χ0v) is 15.2. The molecule has 0 fully saturated rings. The number of methoxy groups -OCH3 is 1. The minimum Gasteiger partial charge on any atom is -0.507 e. The molecule has 0 spiro atoms. The van der Waals surface area contributed by atoms with E-state index in [-0.39, 0.29) is 45.5 Å². The molecule has 1 unspecified atom stereocenters. The lowest BCUT2D eigenvalue weighted by Gasteiger charge is -2.26. The fourth-order valence-corrected chi connectivity index (χ4v) is 4.08. The van der Waals surface area contributed by atoms with Crippen molar-refractivity contribution in [3.8, 4) is 11.5 Å². The van der Waals surface area contributed by atoms with Gasteiger partial charge in [-0.2, -0.15) is 0 Å². The van der Waals surface area contributed by atoms with Crippen LogP contribution >= 0.6 is 0 Å². The summed E-state index contributed by atoms with van der Waals surface area (Å²) in [6, 6.07) is 4.86. The van der Waals surface area contributed by atoms with Crippen LogP contribution in [0.3, 0.4) is 0 Å². The molecule has 0 aliphatic heterocycles. The van der Waals surface area contributed by atoms with Crippen LogP contribution in [-0.2, 0) is 17.6 Å². The topological polar surface area (TPSA) is 114 Å². The molecule has 4 rings (SSSR count). The van der Waals surface area contributed by atoms with Crippen LogP contribution in [0.25, 0.3) is 21.9 Å². The summed E-state index contributed by atoms with van der Waals surface area (Å²) in [7, 11) is 1.43. The fraction of sp³-hybridized carbons (Fsp3) is 0.286. The SMILES string of the molecule is COc1cccc2oc3c(C=O)c4c(c(O)c3c(=O)c12)CCC(C(=O)CO)C4. The summed E-state index contributed by atoms with van der Waals surface area (Å²) in [6.45, 7) is -0.574. The van der Waals surface area contributed by atoms with Crippen molar-refractivity contribution in [2.24, 2.45) is 5.92 Å². The second-order valence-corrected chi connectivity index (χ2v) is 6.87. The smallest absolute Gasteiger partial charge is 0.208 e. The van der Waals surface area contributed by atoms with E-state index in [0.717, 1.165) is 0 Å². The van der Waals surface area contributed by atoms with E-state index in [1.807, 2.05) is 0 Å². The molecule has 144 valence electrons. The van der Waals surface area contributed by atoms with Gasteiger partial charge in [-0.15, -0.1) is 0 Å². The number of benzene rings is 2. The molecule has 1 atom stereocenters. The number of Topliss-reactive ketones (excluding diaryl/α,β-unsaturated/α-hetero) is 1. The molecule has 0 saturated heterocycles. The summed E-state index contributed by atoms with van der Waals surface area (Å²) in [6.07, 6.45) is 1.53. The van der Waals surface area contributed by atoms with Gasteiger partial charge in [0.05, 0.1) is 12.7 Å². The van der Waals surface area contributed by atoms with Crippen molar-refractivity contribution in [1.29, 1.82) is 0 Å². The van der Waals surface area contributed by atoms with Gasteiger partial charge in [0.25, 0.3) is 0 Å². The first kappa shape index (κ1) is 18.2. The average molecular weight is 382 g/mol. The second kappa shape index (κ2) is 6.76. The third-order valence-electron chi connectivity index (χ3n) is 5.48. The Kier molecular flexibility index (Phi) is 4.39. The second-order valence-electron chi connectivity index (χ2n) is 6.87. The van der Waals surface area contributed by atoms with E-state index in [2.05, 4.69) is 0 Å². The molecule has 1 aliphatic rings. The van der Waals surface area contributed by atoms with Gasteiger partial charge in [0.15, 0.2) is 17.7 Å². The Balaban J connectivity index is 2.10. The molecule has 1 aliphatic carbocycles. The van der Waals surface area contributed by atoms with Crippen LogP contribution in [0.2, 0.25) is 0 Å². The number of aliphatic hydroxyl groups excluding tert-OH is 1. The average Bonchev–Trinajstić information content (AvgIpc) is 2.72. The summed E-state index contributed by atoms with van der Waals surface area (Å²) in [5.74, 6) is -0.675. The number of hydrogen-bond acceptors (Lipinski definition) is 7. The monoisotopic (exact) mass is 382 g/mol. The molecular formula is C21H18O7. The van der Waals surface area contributed by atoms with Gasteiger partial charge >= 0.3 is 0 Å². The first-order valence-electron chi connectivity index (χ1n) is 8.90. The van der Waals surface area contributed by atoms with Crippen LogP contribution in [0.15, 0.2) is 27.4 Å². The van der Waals surface area contributed by atoms with E-state index < -0.39 is 18.0 Å². The summed E-state index contributed by atoms with van der Waals surface area (Å²) in [4.78, 5) is 37.0. The Bertz CT molecular complexity index is 1190. The number of phenols is 1. The van der Waals surface area contributed by atoms with E-state index in [4.69, 9.17) is 14.3 Å². The van der Waals surface area contributed by atoms with Crippen molar-refractivity contribution in [2.45, 2.75) is 19.3 Å². The highest BCUT2D eigenvalue weighted by Crippen LogP contribution is 2.40. The highest BCUT2D eigenvalue weighted by molar-refractivity contribution is 6.04. The predicted molar refractivity (Wildman–Crippen MR) is 101 cm³/mol. The lowest BCUT2D eigenvalue weighted by Crippen LogP contribution is -2.26. The van der Waals surface area contributed by atoms with Crippen molar-refractivity contribution in [3.05, 3.63) is 45.1 Å². The maximum atomic E-state index is 13.2. The van der Waals surface area contributed by atoms with Crippen LogP contribution in [0.1, 0.15) is 27.9 Å². The van der Waals surface area contributed by atoms with Crippen LogP contribution in [0.5, 0.6) is 11.5 Å². The minimum absolute atomic E-state index is 0.00546. The van der Waals surface area contributed by atoms with E-state index in [9.17, 15) is 19.5 Å². The number of ether oxygens (including phenoxy) is 1. The van der Waals surface area contributed by atoms with E-state index in [1.54, 1.807) is 18.2 Å². The molecule has 7 nitrogen and oxygen atoms in total. The highest BCUT2D eigenvalue weighted by atomic mass is 16.5.